The Morgan fingerprint density at radius 3 is 2.27 bits per heavy atom. The standard InChI is InChI=1S/C11H16N2O2/c1-6-9(10(7-2)13-12-5)11(14)15-8(3)4/h6-7H,3H2,1-2,4-5H3/b9-6+,10-7+,13-12?. The van der Waals surface area contributed by atoms with E-state index in [-0.39, 0.29) is 0 Å². The summed E-state index contributed by atoms with van der Waals surface area (Å²) in [5, 5.41) is 7.45. The molecule has 15 heavy (non-hydrogen) atoms. The van der Waals surface area contributed by atoms with Crippen molar-refractivity contribution in [3.63, 3.8) is 0 Å². The molecule has 0 aromatic carbocycles. The van der Waals surface area contributed by atoms with Gasteiger partial charge in [-0.2, -0.15) is 10.2 Å². The zero-order valence-electron chi connectivity index (χ0n) is 9.57. The molecular weight excluding hydrogens is 192 g/mol. The second-order valence-electron chi connectivity index (χ2n) is 2.77. The molecule has 0 rings (SSSR count). The molecule has 0 atom stereocenters. The number of hydrogen-bond acceptors (Lipinski definition) is 4. The number of azo groups is 1. The second-order valence-corrected chi connectivity index (χ2v) is 2.77. The molecule has 0 bridgehead atoms. The number of hydrogen-bond donors (Lipinski definition) is 0. The van der Waals surface area contributed by atoms with Crippen LogP contribution in [0.25, 0.3) is 0 Å². The highest BCUT2D eigenvalue weighted by molar-refractivity contribution is 5.93. The van der Waals surface area contributed by atoms with E-state index in [1.54, 1.807) is 40.0 Å². The van der Waals surface area contributed by atoms with Crippen molar-refractivity contribution in [3.8, 4) is 0 Å². The summed E-state index contributed by atoms with van der Waals surface area (Å²) in [5.74, 6) is -0.117. The van der Waals surface area contributed by atoms with Gasteiger partial charge in [0.05, 0.1) is 17.0 Å². The van der Waals surface area contributed by atoms with Gasteiger partial charge in [-0.05, 0) is 20.8 Å². The Balaban J connectivity index is 4.93. The molecule has 4 heteroatoms. The van der Waals surface area contributed by atoms with Crippen molar-refractivity contribution >= 4 is 5.97 Å². The maximum absolute atomic E-state index is 11.6. The van der Waals surface area contributed by atoms with E-state index < -0.39 is 5.97 Å². The fourth-order valence-electron chi connectivity index (χ4n) is 0.958. The van der Waals surface area contributed by atoms with Crippen LogP contribution in [0.5, 0.6) is 0 Å². The van der Waals surface area contributed by atoms with Crippen molar-refractivity contribution in [3.05, 3.63) is 35.8 Å². The highest BCUT2D eigenvalue weighted by Gasteiger charge is 2.14. The van der Waals surface area contributed by atoms with Gasteiger partial charge in [0, 0.05) is 7.05 Å². The van der Waals surface area contributed by atoms with Gasteiger partial charge in [-0.1, -0.05) is 18.7 Å². The van der Waals surface area contributed by atoms with Crippen LogP contribution in [0.2, 0.25) is 0 Å². The molecule has 0 spiro atoms. The van der Waals surface area contributed by atoms with Gasteiger partial charge >= 0.3 is 5.97 Å². The lowest BCUT2D eigenvalue weighted by Gasteiger charge is -2.06. The summed E-state index contributed by atoms with van der Waals surface area (Å²) in [6.07, 6.45) is 3.33. The number of allylic oxidation sites excluding steroid dienone is 3. The molecule has 0 radical (unpaired) electrons. The molecule has 4 nitrogen and oxygen atoms in total. The fraction of sp³-hybridized carbons (Fsp3) is 0.364. The Labute approximate surface area is 90.0 Å². The Kier molecular flexibility index (Phi) is 5.94. The lowest BCUT2D eigenvalue weighted by molar-refractivity contribution is -0.134. The molecule has 82 valence electrons. The van der Waals surface area contributed by atoms with E-state index in [4.69, 9.17) is 4.74 Å². The Morgan fingerprint density at radius 2 is 1.93 bits per heavy atom. The SMILES string of the molecule is C=C(C)OC(=O)C(=C/C)/C(=C\C)N=NC. The number of esters is 1. The maximum atomic E-state index is 11.6. The first kappa shape index (κ1) is 13.3. The quantitative estimate of drug-likeness (QED) is 0.234. The average Bonchev–Trinajstić information content (AvgIpc) is 2.16. The fourth-order valence-corrected chi connectivity index (χ4v) is 0.958. The minimum atomic E-state index is -0.467. The monoisotopic (exact) mass is 208 g/mol. The van der Waals surface area contributed by atoms with Crippen LogP contribution >= 0.6 is 0 Å². The van der Waals surface area contributed by atoms with Gasteiger partial charge in [0.25, 0.3) is 0 Å². The average molecular weight is 208 g/mol. The summed E-state index contributed by atoms with van der Waals surface area (Å²) in [4.78, 5) is 11.6. The zero-order chi connectivity index (χ0) is 11.8. The molecule has 0 N–H and O–H groups in total. The van der Waals surface area contributed by atoms with Crippen molar-refractivity contribution in [1.29, 1.82) is 0 Å². The number of carbonyl (C=O) groups is 1. The van der Waals surface area contributed by atoms with Crippen LogP contribution in [0.4, 0.5) is 0 Å². The molecule has 0 aliphatic carbocycles. The molecule has 0 aromatic rings. The first-order valence-corrected chi connectivity index (χ1v) is 4.57. The Hall–Kier alpha value is -1.71. The van der Waals surface area contributed by atoms with E-state index in [1.165, 1.54) is 0 Å². The number of carbonyl (C=O) groups excluding carboxylic acids is 1. The molecule has 0 fully saturated rings. The molecule has 0 aromatic heterocycles. The predicted molar refractivity (Wildman–Crippen MR) is 59.2 cm³/mol. The minimum Gasteiger partial charge on any atom is -0.428 e. The van der Waals surface area contributed by atoms with Crippen molar-refractivity contribution < 1.29 is 9.53 Å². The summed E-state index contributed by atoms with van der Waals surface area (Å²) in [6, 6.07) is 0. The van der Waals surface area contributed by atoms with E-state index >= 15 is 0 Å². The smallest absolute Gasteiger partial charge is 0.345 e. The third-order valence-corrected chi connectivity index (χ3v) is 1.53. The van der Waals surface area contributed by atoms with Gasteiger partial charge in [0.2, 0.25) is 0 Å². The van der Waals surface area contributed by atoms with Gasteiger partial charge in [0.15, 0.2) is 0 Å². The first-order valence-electron chi connectivity index (χ1n) is 4.57. The van der Waals surface area contributed by atoms with Crippen LogP contribution in [0.15, 0.2) is 46.0 Å². The van der Waals surface area contributed by atoms with E-state index in [0.29, 0.717) is 17.0 Å². The summed E-state index contributed by atoms with van der Waals surface area (Å²) in [5.41, 5.74) is 0.873. The molecule has 0 saturated carbocycles. The zero-order valence-corrected chi connectivity index (χ0v) is 9.57. The topological polar surface area (TPSA) is 51.0 Å². The van der Waals surface area contributed by atoms with Gasteiger partial charge in [-0.3, -0.25) is 0 Å². The van der Waals surface area contributed by atoms with Crippen molar-refractivity contribution in [1.82, 2.24) is 0 Å². The van der Waals surface area contributed by atoms with E-state index in [0.717, 1.165) is 0 Å². The van der Waals surface area contributed by atoms with Crippen LogP contribution in [0, 0.1) is 0 Å². The molecule has 0 saturated heterocycles. The van der Waals surface area contributed by atoms with Gasteiger partial charge in [-0.15, -0.1) is 0 Å². The van der Waals surface area contributed by atoms with Crippen molar-refractivity contribution in [2.45, 2.75) is 20.8 Å². The van der Waals surface area contributed by atoms with E-state index in [9.17, 15) is 4.79 Å². The lowest BCUT2D eigenvalue weighted by atomic mass is 10.2. The molecule has 0 aliphatic rings. The number of nitrogens with zero attached hydrogens (tertiary/aromatic N) is 2. The van der Waals surface area contributed by atoms with Crippen LogP contribution in [-0.2, 0) is 9.53 Å². The van der Waals surface area contributed by atoms with Crippen LogP contribution in [0.3, 0.4) is 0 Å². The summed E-state index contributed by atoms with van der Waals surface area (Å²) >= 11 is 0. The van der Waals surface area contributed by atoms with E-state index in [2.05, 4.69) is 16.8 Å². The predicted octanol–water partition coefficient (Wildman–Crippen LogP) is 3.00. The summed E-state index contributed by atoms with van der Waals surface area (Å²) in [7, 11) is 1.54. The molecular formula is C11H16N2O2. The number of rotatable bonds is 4. The first-order chi connectivity index (χ1) is 7.06. The molecule has 0 unspecified atom stereocenters. The normalized spacial score (nSPS) is 13.1. The van der Waals surface area contributed by atoms with Crippen LogP contribution < -0.4 is 0 Å². The minimum absolute atomic E-state index is 0.350. The molecule has 0 amide bonds. The number of ether oxygens (including phenoxy) is 1. The van der Waals surface area contributed by atoms with E-state index in [1.807, 2.05) is 0 Å². The largest absolute Gasteiger partial charge is 0.428 e. The van der Waals surface area contributed by atoms with Gasteiger partial charge in [0.1, 0.15) is 0 Å². The van der Waals surface area contributed by atoms with Crippen LogP contribution in [-0.4, -0.2) is 13.0 Å². The highest BCUT2D eigenvalue weighted by atomic mass is 16.5. The Morgan fingerprint density at radius 1 is 1.33 bits per heavy atom. The Bertz CT molecular complexity index is 338. The van der Waals surface area contributed by atoms with Gasteiger partial charge in [-0.25, -0.2) is 4.79 Å². The van der Waals surface area contributed by atoms with Crippen molar-refractivity contribution in [2.75, 3.05) is 7.05 Å². The third-order valence-electron chi connectivity index (χ3n) is 1.53. The van der Waals surface area contributed by atoms with Gasteiger partial charge < -0.3 is 4.74 Å². The van der Waals surface area contributed by atoms with Crippen molar-refractivity contribution in [2.24, 2.45) is 10.2 Å². The molecule has 0 aliphatic heterocycles. The molecule has 0 heterocycles. The summed E-state index contributed by atoms with van der Waals surface area (Å²) < 4.78 is 4.89. The lowest BCUT2D eigenvalue weighted by Crippen LogP contribution is -2.07. The second kappa shape index (κ2) is 6.70. The summed E-state index contributed by atoms with van der Waals surface area (Å²) in [6.45, 7) is 8.63. The third kappa shape index (κ3) is 4.35. The maximum Gasteiger partial charge on any atom is 0.345 e. The highest BCUT2D eigenvalue weighted by Crippen LogP contribution is 2.15. The van der Waals surface area contributed by atoms with Crippen LogP contribution in [0.1, 0.15) is 20.8 Å².